The molecule has 3 nitrogen and oxygen atoms in total. The molecular formula is C16H14BrFN2O. The highest BCUT2D eigenvalue weighted by Gasteiger charge is 2.25. The van der Waals surface area contributed by atoms with Crippen LogP contribution in [0.5, 0.6) is 0 Å². The summed E-state index contributed by atoms with van der Waals surface area (Å²) in [6, 6.07) is 9.69. The van der Waals surface area contributed by atoms with Crippen LogP contribution in [0, 0.1) is 5.82 Å². The van der Waals surface area contributed by atoms with Crippen LogP contribution in [0.4, 0.5) is 15.8 Å². The van der Waals surface area contributed by atoms with E-state index in [0.29, 0.717) is 22.3 Å². The van der Waals surface area contributed by atoms with E-state index in [1.165, 1.54) is 18.2 Å². The summed E-state index contributed by atoms with van der Waals surface area (Å²) in [7, 11) is 0. The standard InChI is InChI=1S/C16H14BrFN2O/c17-14-9-11(18)3-5-13(14)16(21)20-7-1-2-10-8-12(19)4-6-15(10)20/h3-6,8-9H,1-2,7,19H2. The van der Waals surface area contributed by atoms with Gasteiger partial charge in [0, 0.05) is 22.4 Å². The van der Waals surface area contributed by atoms with E-state index in [-0.39, 0.29) is 11.7 Å². The first-order valence-electron chi connectivity index (χ1n) is 6.71. The topological polar surface area (TPSA) is 46.3 Å². The Balaban J connectivity index is 2.00. The summed E-state index contributed by atoms with van der Waals surface area (Å²) < 4.78 is 13.6. The van der Waals surface area contributed by atoms with Gasteiger partial charge in [-0.05, 0) is 70.7 Å². The number of carbonyl (C=O) groups excluding carboxylic acids is 1. The maximum Gasteiger partial charge on any atom is 0.259 e. The molecule has 1 aliphatic heterocycles. The van der Waals surface area contributed by atoms with Crippen LogP contribution < -0.4 is 10.6 Å². The third kappa shape index (κ3) is 2.65. The Kier molecular flexibility index (Phi) is 3.68. The first kappa shape index (κ1) is 14.1. The van der Waals surface area contributed by atoms with Gasteiger partial charge in [-0.25, -0.2) is 4.39 Å². The highest BCUT2D eigenvalue weighted by Crippen LogP contribution is 2.31. The molecule has 2 aromatic rings. The highest BCUT2D eigenvalue weighted by atomic mass is 79.9. The average Bonchev–Trinajstić information content (AvgIpc) is 2.45. The van der Waals surface area contributed by atoms with Crippen LogP contribution in [0.25, 0.3) is 0 Å². The molecule has 2 N–H and O–H groups in total. The number of aryl methyl sites for hydroxylation is 1. The van der Waals surface area contributed by atoms with Gasteiger partial charge in [0.05, 0.1) is 5.56 Å². The summed E-state index contributed by atoms with van der Waals surface area (Å²) in [5.41, 5.74) is 8.92. The molecule has 0 atom stereocenters. The van der Waals surface area contributed by atoms with E-state index < -0.39 is 0 Å². The fourth-order valence-electron chi connectivity index (χ4n) is 2.64. The number of anilines is 2. The summed E-state index contributed by atoms with van der Waals surface area (Å²) in [4.78, 5) is 14.5. The van der Waals surface area contributed by atoms with Gasteiger partial charge in [0.1, 0.15) is 5.82 Å². The molecule has 0 saturated heterocycles. The summed E-state index contributed by atoms with van der Waals surface area (Å²) in [5, 5.41) is 0. The molecule has 21 heavy (non-hydrogen) atoms. The smallest absolute Gasteiger partial charge is 0.259 e. The number of nitrogens with zero attached hydrogens (tertiary/aromatic N) is 1. The summed E-state index contributed by atoms with van der Waals surface area (Å²) in [5.74, 6) is -0.502. The number of benzene rings is 2. The van der Waals surface area contributed by atoms with Gasteiger partial charge in [0.15, 0.2) is 0 Å². The van der Waals surface area contributed by atoms with Gasteiger partial charge in [-0.15, -0.1) is 0 Å². The predicted octanol–water partition coefficient (Wildman–Crippen LogP) is 3.76. The monoisotopic (exact) mass is 348 g/mol. The van der Waals surface area contributed by atoms with Gasteiger partial charge in [0.25, 0.3) is 5.91 Å². The molecule has 0 unspecified atom stereocenters. The first-order chi connectivity index (χ1) is 10.1. The molecule has 5 heteroatoms. The number of nitrogens with two attached hydrogens (primary N) is 1. The molecule has 1 amide bonds. The Labute approximate surface area is 130 Å². The lowest BCUT2D eigenvalue weighted by atomic mass is 10.00. The number of nitrogen functional groups attached to an aromatic ring is 1. The number of hydrogen-bond acceptors (Lipinski definition) is 2. The van der Waals surface area contributed by atoms with Gasteiger partial charge in [0.2, 0.25) is 0 Å². The maximum atomic E-state index is 13.2. The van der Waals surface area contributed by atoms with E-state index in [0.717, 1.165) is 24.1 Å². The predicted molar refractivity (Wildman–Crippen MR) is 85.0 cm³/mol. The van der Waals surface area contributed by atoms with Crippen molar-refractivity contribution >= 4 is 33.2 Å². The van der Waals surface area contributed by atoms with Crippen molar-refractivity contribution in [1.82, 2.24) is 0 Å². The molecular weight excluding hydrogens is 335 g/mol. The van der Waals surface area contributed by atoms with Crippen molar-refractivity contribution in [2.75, 3.05) is 17.2 Å². The SMILES string of the molecule is Nc1ccc2c(c1)CCCN2C(=O)c1ccc(F)cc1Br. The minimum absolute atomic E-state index is 0.132. The quantitative estimate of drug-likeness (QED) is 0.797. The number of rotatable bonds is 1. The molecule has 1 aliphatic rings. The molecule has 3 rings (SSSR count). The van der Waals surface area contributed by atoms with Crippen molar-refractivity contribution in [2.45, 2.75) is 12.8 Å². The second kappa shape index (κ2) is 5.48. The molecule has 1 heterocycles. The van der Waals surface area contributed by atoms with Crippen molar-refractivity contribution in [1.29, 1.82) is 0 Å². The Morgan fingerprint density at radius 2 is 2.05 bits per heavy atom. The third-order valence-corrected chi connectivity index (χ3v) is 4.28. The van der Waals surface area contributed by atoms with Crippen LogP contribution in [0.2, 0.25) is 0 Å². The van der Waals surface area contributed by atoms with E-state index in [1.807, 2.05) is 12.1 Å². The van der Waals surface area contributed by atoms with Gasteiger partial charge in [-0.2, -0.15) is 0 Å². The van der Waals surface area contributed by atoms with Gasteiger partial charge >= 0.3 is 0 Å². The summed E-state index contributed by atoms with van der Waals surface area (Å²) in [6.45, 7) is 0.652. The Morgan fingerprint density at radius 1 is 1.24 bits per heavy atom. The third-order valence-electron chi connectivity index (χ3n) is 3.63. The van der Waals surface area contributed by atoms with Crippen LogP contribution in [0.1, 0.15) is 22.3 Å². The average molecular weight is 349 g/mol. The molecule has 0 radical (unpaired) electrons. The minimum Gasteiger partial charge on any atom is -0.399 e. The zero-order valence-electron chi connectivity index (χ0n) is 11.3. The van der Waals surface area contributed by atoms with E-state index in [4.69, 9.17) is 5.73 Å². The number of hydrogen-bond donors (Lipinski definition) is 1. The van der Waals surface area contributed by atoms with Crippen LogP contribution in [-0.2, 0) is 6.42 Å². The maximum absolute atomic E-state index is 13.2. The Bertz CT molecular complexity index is 717. The molecule has 2 aromatic carbocycles. The van der Waals surface area contributed by atoms with Crippen molar-refractivity contribution < 1.29 is 9.18 Å². The lowest BCUT2D eigenvalue weighted by molar-refractivity contribution is 0.0984. The van der Waals surface area contributed by atoms with E-state index in [1.54, 1.807) is 11.0 Å². The molecule has 0 bridgehead atoms. The van der Waals surface area contributed by atoms with Crippen molar-refractivity contribution in [3.63, 3.8) is 0 Å². The highest BCUT2D eigenvalue weighted by molar-refractivity contribution is 9.10. The van der Waals surface area contributed by atoms with Crippen LogP contribution in [-0.4, -0.2) is 12.5 Å². The lowest BCUT2D eigenvalue weighted by Gasteiger charge is -2.30. The Hall–Kier alpha value is -1.88. The van der Waals surface area contributed by atoms with Gasteiger partial charge in [-0.1, -0.05) is 0 Å². The Morgan fingerprint density at radius 3 is 2.81 bits per heavy atom. The molecule has 0 spiro atoms. The van der Waals surface area contributed by atoms with E-state index in [9.17, 15) is 9.18 Å². The largest absolute Gasteiger partial charge is 0.399 e. The van der Waals surface area contributed by atoms with Crippen LogP contribution in [0.15, 0.2) is 40.9 Å². The van der Waals surface area contributed by atoms with Crippen molar-refractivity contribution in [3.8, 4) is 0 Å². The van der Waals surface area contributed by atoms with Crippen LogP contribution in [0.3, 0.4) is 0 Å². The number of fused-ring (bicyclic) bond motifs is 1. The minimum atomic E-state index is -0.370. The zero-order chi connectivity index (χ0) is 15.0. The molecule has 108 valence electrons. The zero-order valence-corrected chi connectivity index (χ0v) is 12.9. The molecule has 0 fully saturated rings. The summed E-state index contributed by atoms with van der Waals surface area (Å²) in [6.07, 6.45) is 1.80. The number of halogens is 2. The second-order valence-corrected chi connectivity index (χ2v) is 5.93. The molecule has 0 saturated carbocycles. The fraction of sp³-hybridized carbons (Fsp3) is 0.188. The molecule has 0 aromatic heterocycles. The van der Waals surface area contributed by atoms with E-state index >= 15 is 0 Å². The summed E-state index contributed by atoms with van der Waals surface area (Å²) >= 11 is 3.26. The normalized spacial score (nSPS) is 13.9. The van der Waals surface area contributed by atoms with Crippen molar-refractivity contribution in [3.05, 3.63) is 57.8 Å². The van der Waals surface area contributed by atoms with Gasteiger partial charge in [-0.3, -0.25) is 4.79 Å². The lowest BCUT2D eigenvalue weighted by Crippen LogP contribution is -2.35. The van der Waals surface area contributed by atoms with E-state index in [2.05, 4.69) is 15.9 Å². The number of carbonyl (C=O) groups is 1. The van der Waals surface area contributed by atoms with Crippen LogP contribution >= 0.6 is 15.9 Å². The fourth-order valence-corrected chi connectivity index (χ4v) is 3.16. The first-order valence-corrected chi connectivity index (χ1v) is 7.51. The van der Waals surface area contributed by atoms with Crippen molar-refractivity contribution in [2.24, 2.45) is 0 Å². The number of amides is 1. The van der Waals surface area contributed by atoms with Gasteiger partial charge < -0.3 is 10.6 Å². The molecule has 0 aliphatic carbocycles. The second-order valence-electron chi connectivity index (χ2n) is 5.07.